The van der Waals surface area contributed by atoms with Crippen LogP contribution in [0.2, 0.25) is 0 Å². The zero-order valence-corrected chi connectivity index (χ0v) is 9.98. The minimum absolute atomic E-state index is 0.00174. The fraction of sp³-hybridized carbons (Fsp3) is 0.0714. The summed E-state index contributed by atoms with van der Waals surface area (Å²) in [5.41, 5.74) is 1.13. The van der Waals surface area contributed by atoms with Gasteiger partial charge in [0.2, 0.25) is 0 Å². The van der Waals surface area contributed by atoms with Crippen LogP contribution in [0.25, 0.3) is 11.1 Å². The number of rotatable bonds is 3. The highest BCUT2D eigenvalue weighted by atomic mass is 19.4. The van der Waals surface area contributed by atoms with Crippen LogP contribution in [-0.4, -0.2) is 12.3 Å². The van der Waals surface area contributed by atoms with Crippen molar-refractivity contribution >= 4 is 5.97 Å². The van der Waals surface area contributed by atoms with Crippen molar-refractivity contribution in [2.24, 2.45) is 0 Å². The number of carboxylic acids is 1. The lowest BCUT2D eigenvalue weighted by atomic mass is 10.0. The largest absolute Gasteiger partial charge is 0.573 e. The number of aromatic carboxylic acids is 1. The summed E-state index contributed by atoms with van der Waals surface area (Å²) in [6.07, 6.45) is -4.74. The Labute approximate surface area is 112 Å². The quantitative estimate of drug-likeness (QED) is 0.869. The molecule has 0 fully saturated rings. The molecule has 0 unspecified atom stereocenters. The third kappa shape index (κ3) is 3.50. The molecule has 104 valence electrons. The Balaban J connectivity index is 2.26. The first-order chi connectivity index (χ1) is 9.35. The van der Waals surface area contributed by atoms with Gasteiger partial charge in [-0.3, -0.25) is 0 Å². The van der Waals surface area contributed by atoms with Crippen LogP contribution in [0.5, 0.6) is 5.75 Å². The first-order valence-corrected chi connectivity index (χ1v) is 5.53. The minimum Gasteiger partial charge on any atom is -0.545 e. The van der Waals surface area contributed by atoms with Crippen LogP contribution in [0.3, 0.4) is 0 Å². The maximum Gasteiger partial charge on any atom is 0.573 e. The molecule has 0 atom stereocenters. The van der Waals surface area contributed by atoms with E-state index in [1.54, 1.807) is 6.07 Å². The van der Waals surface area contributed by atoms with Crippen molar-refractivity contribution in [1.82, 2.24) is 0 Å². The molecular formula is C14H8F3O3-. The van der Waals surface area contributed by atoms with E-state index in [4.69, 9.17) is 0 Å². The normalized spacial score (nSPS) is 11.2. The van der Waals surface area contributed by atoms with Crippen molar-refractivity contribution in [3.8, 4) is 16.9 Å². The van der Waals surface area contributed by atoms with Crippen molar-refractivity contribution in [2.75, 3.05) is 0 Å². The van der Waals surface area contributed by atoms with Gasteiger partial charge in [0, 0.05) is 0 Å². The van der Waals surface area contributed by atoms with Gasteiger partial charge in [-0.25, -0.2) is 0 Å². The average Bonchev–Trinajstić information content (AvgIpc) is 2.38. The maximum atomic E-state index is 12.0. The molecule has 2 aromatic rings. The second-order valence-corrected chi connectivity index (χ2v) is 3.94. The molecule has 0 saturated carbocycles. The van der Waals surface area contributed by atoms with Crippen LogP contribution in [0.4, 0.5) is 13.2 Å². The van der Waals surface area contributed by atoms with Gasteiger partial charge in [-0.05, 0) is 34.9 Å². The predicted octanol–water partition coefficient (Wildman–Crippen LogP) is 2.62. The van der Waals surface area contributed by atoms with Gasteiger partial charge in [-0.2, -0.15) is 0 Å². The number of alkyl halides is 3. The molecular weight excluding hydrogens is 273 g/mol. The molecule has 0 aliphatic heterocycles. The maximum absolute atomic E-state index is 12.0. The van der Waals surface area contributed by atoms with E-state index in [9.17, 15) is 23.1 Å². The Kier molecular flexibility index (Phi) is 3.65. The first-order valence-electron chi connectivity index (χ1n) is 5.53. The van der Waals surface area contributed by atoms with E-state index in [-0.39, 0.29) is 11.3 Å². The van der Waals surface area contributed by atoms with Crippen molar-refractivity contribution in [3.05, 3.63) is 54.1 Å². The summed E-state index contributed by atoms with van der Waals surface area (Å²) < 4.78 is 39.8. The van der Waals surface area contributed by atoms with E-state index >= 15 is 0 Å². The van der Waals surface area contributed by atoms with Crippen molar-refractivity contribution < 1.29 is 27.8 Å². The van der Waals surface area contributed by atoms with E-state index in [0.717, 1.165) is 12.1 Å². The van der Waals surface area contributed by atoms with E-state index in [0.29, 0.717) is 11.1 Å². The standard InChI is InChI=1S/C14H9F3O3/c15-14(16,17)20-12-6-4-9(5-7-12)10-2-1-3-11(8-10)13(18)19/h1-8H,(H,18,19)/p-1. The molecule has 0 aliphatic carbocycles. The molecule has 2 rings (SSSR count). The van der Waals surface area contributed by atoms with Crippen LogP contribution in [0.1, 0.15) is 10.4 Å². The highest BCUT2D eigenvalue weighted by Crippen LogP contribution is 2.26. The monoisotopic (exact) mass is 281 g/mol. The van der Waals surface area contributed by atoms with Gasteiger partial charge in [0.15, 0.2) is 0 Å². The third-order valence-corrected chi connectivity index (χ3v) is 2.52. The molecule has 2 aromatic carbocycles. The second kappa shape index (κ2) is 5.24. The molecule has 6 heteroatoms. The number of carbonyl (C=O) groups excluding carboxylic acids is 1. The van der Waals surface area contributed by atoms with E-state index in [1.807, 2.05) is 0 Å². The molecule has 0 spiro atoms. The van der Waals surface area contributed by atoms with Crippen LogP contribution in [-0.2, 0) is 0 Å². The lowest BCUT2D eigenvalue weighted by molar-refractivity contribution is -0.274. The molecule has 0 aliphatic rings. The zero-order chi connectivity index (χ0) is 14.8. The first kappa shape index (κ1) is 13.9. The minimum atomic E-state index is -4.74. The van der Waals surface area contributed by atoms with Gasteiger partial charge >= 0.3 is 6.36 Å². The van der Waals surface area contributed by atoms with Crippen LogP contribution < -0.4 is 9.84 Å². The smallest absolute Gasteiger partial charge is 0.545 e. The van der Waals surface area contributed by atoms with Gasteiger partial charge in [0.1, 0.15) is 5.75 Å². The number of carboxylic acid groups (broad SMARTS) is 1. The molecule has 0 aromatic heterocycles. The van der Waals surface area contributed by atoms with Crippen LogP contribution in [0.15, 0.2) is 48.5 Å². The Morgan fingerprint density at radius 1 is 1.00 bits per heavy atom. The summed E-state index contributed by atoms with van der Waals surface area (Å²) in [5, 5.41) is 10.7. The van der Waals surface area contributed by atoms with Gasteiger partial charge < -0.3 is 14.6 Å². The second-order valence-electron chi connectivity index (χ2n) is 3.94. The fourth-order valence-corrected chi connectivity index (χ4v) is 1.67. The molecule has 0 bridgehead atoms. The topological polar surface area (TPSA) is 49.4 Å². The number of hydrogen-bond acceptors (Lipinski definition) is 3. The molecule has 0 radical (unpaired) electrons. The van der Waals surface area contributed by atoms with Crippen molar-refractivity contribution in [3.63, 3.8) is 0 Å². The molecule has 20 heavy (non-hydrogen) atoms. The van der Waals surface area contributed by atoms with Gasteiger partial charge in [-0.15, -0.1) is 13.2 Å². The van der Waals surface area contributed by atoms with Gasteiger partial charge in [0.05, 0.1) is 5.97 Å². The lowest BCUT2D eigenvalue weighted by Crippen LogP contribution is -2.22. The van der Waals surface area contributed by atoms with Gasteiger partial charge in [-0.1, -0.05) is 30.3 Å². The Morgan fingerprint density at radius 3 is 2.20 bits per heavy atom. The van der Waals surface area contributed by atoms with Crippen LogP contribution in [0, 0.1) is 0 Å². The molecule has 0 amide bonds. The Bertz CT molecular complexity index is 618. The zero-order valence-electron chi connectivity index (χ0n) is 9.98. The third-order valence-electron chi connectivity index (χ3n) is 2.52. The average molecular weight is 281 g/mol. The predicted molar refractivity (Wildman–Crippen MR) is 62.9 cm³/mol. The number of halogens is 3. The van der Waals surface area contributed by atoms with Crippen molar-refractivity contribution in [2.45, 2.75) is 6.36 Å². The lowest BCUT2D eigenvalue weighted by Gasteiger charge is -2.10. The summed E-state index contributed by atoms with van der Waals surface area (Å²) in [7, 11) is 0. The highest BCUT2D eigenvalue weighted by molar-refractivity contribution is 5.87. The highest BCUT2D eigenvalue weighted by Gasteiger charge is 2.30. The van der Waals surface area contributed by atoms with Crippen LogP contribution >= 0.6 is 0 Å². The number of benzene rings is 2. The Hall–Kier alpha value is -2.50. The molecule has 0 saturated heterocycles. The molecule has 0 heterocycles. The fourth-order valence-electron chi connectivity index (χ4n) is 1.67. The summed E-state index contributed by atoms with van der Waals surface area (Å²) >= 11 is 0. The summed E-state index contributed by atoms with van der Waals surface area (Å²) in [4.78, 5) is 10.7. The number of hydrogen-bond donors (Lipinski definition) is 0. The summed E-state index contributed by atoms with van der Waals surface area (Å²) in [6.45, 7) is 0. The number of carbonyl (C=O) groups is 1. The number of ether oxygens (including phenoxy) is 1. The SMILES string of the molecule is O=C([O-])c1cccc(-c2ccc(OC(F)(F)F)cc2)c1. The summed E-state index contributed by atoms with van der Waals surface area (Å²) in [5.74, 6) is -1.65. The van der Waals surface area contributed by atoms with Crippen molar-refractivity contribution in [1.29, 1.82) is 0 Å². The van der Waals surface area contributed by atoms with Gasteiger partial charge in [0.25, 0.3) is 0 Å². The van der Waals surface area contributed by atoms with E-state index in [2.05, 4.69) is 4.74 Å². The molecule has 0 N–H and O–H groups in total. The summed E-state index contributed by atoms with van der Waals surface area (Å²) in [6, 6.07) is 11.1. The molecule has 3 nitrogen and oxygen atoms in total. The Morgan fingerprint density at radius 2 is 1.65 bits per heavy atom. The van der Waals surface area contributed by atoms with E-state index in [1.165, 1.54) is 30.3 Å². The van der Waals surface area contributed by atoms with E-state index < -0.39 is 12.3 Å².